The Bertz CT molecular complexity index is 219. The Hall–Kier alpha value is -0.450. The molecule has 0 bridgehead atoms. The van der Waals surface area contributed by atoms with Crippen LogP contribution in [-0.4, -0.2) is 0 Å². The Balaban J connectivity index is 3.05. The third-order valence-corrected chi connectivity index (χ3v) is 1.88. The fourth-order valence-electron chi connectivity index (χ4n) is 0.392. The van der Waals surface area contributed by atoms with Gasteiger partial charge in [0.05, 0.1) is 9.21 Å². The van der Waals surface area contributed by atoms with Crippen molar-refractivity contribution in [2.45, 2.75) is 0 Å². The molecule has 40 valence electrons. The van der Waals surface area contributed by atoms with Crippen LogP contribution in [0.4, 0.5) is 0 Å². The molecular weight excluding hydrogens is 140 g/mol. The Morgan fingerprint density at radius 1 is 1.62 bits per heavy atom. The van der Waals surface area contributed by atoms with Gasteiger partial charge in [-0.2, -0.15) is 0 Å². The number of halogens is 1. The van der Waals surface area contributed by atoms with E-state index >= 15 is 0 Å². The molecule has 0 radical (unpaired) electrons. The van der Waals surface area contributed by atoms with Crippen molar-refractivity contribution in [2.75, 3.05) is 0 Å². The second kappa shape index (κ2) is 2.21. The van der Waals surface area contributed by atoms with E-state index in [1.165, 1.54) is 11.3 Å². The second-order valence-electron chi connectivity index (χ2n) is 1.25. The van der Waals surface area contributed by atoms with Gasteiger partial charge in [0.25, 0.3) is 0 Å². The minimum atomic E-state index is 0.748. The van der Waals surface area contributed by atoms with Gasteiger partial charge in [-0.25, -0.2) is 0 Å². The van der Waals surface area contributed by atoms with Gasteiger partial charge in [0.15, 0.2) is 0 Å². The van der Waals surface area contributed by atoms with Gasteiger partial charge in [-0.05, 0) is 12.1 Å². The highest BCUT2D eigenvalue weighted by molar-refractivity contribution is 7.16. The molecule has 1 aromatic heterocycles. The zero-order valence-electron chi connectivity index (χ0n) is 4.02. The highest BCUT2D eigenvalue weighted by Crippen LogP contribution is 2.19. The molecule has 0 N–H and O–H groups in total. The Labute approximate surface area is 57.1 Å². The molecule has 0 atom stereocenters. The lowest BCUT2D eigenvalue weighted by molar-refractivity contribution is 1.94. The summed E-state index contributed by atoms with van der Waals surface area (Å²) < 4.78 is 0.748. The van der Waals surface area contributed by atoms with Crippen molar-refractivity contribution < 1.29 is 0 Å². The molecule has 0 aliphatic heterocycles. The van der Waals surface area contributed by atoms with Crippen molar-refractivity contribution in [3.05, 3.63) is 21.3 Å². The number of rotatable bonds is 0. The van der Waals surface area contributed by atoms with Gasteiger partial charge in [0.2, 0.25) is 0 Å². The minimum Gasteiger partial charge on any atom is -0.115 e. The summed E-state index contributed by atoms with van der Waals surface area (Å²) in [6.07, 6.45) is 5.06. The van der Waals surface area contributed by atoms with Crippen LogP contribution in [0.2, 0.25) is 4.34 Å². The van der Waals surface area contributed by atoms with E-state index in [1.807, 2.05) is 6.07 Å². The summed E-state index contributed by atoms with van der Waals surface area (Å²) in [4.78, 5) is 0.884. The van der Waals surface area contributed by atoms with E-state index in [9.17, 15) is 0 Å². The molecule has 0 fully saturated rings. The molecule has 1 heterocycles. The lowest BCUT2D eigenvalue weighted by Gasteiger charge is -1.69. The number of hydrogen-bond donors (Lipinski definition) is 0. The zero-order valence-corrected chi connectivity index (χ0v) is 5.59. The maximum Gasteiger partial charge on any atom is 0.0941 e. The first-order valence-electron chi connectivity index (χ1n) is 2.05. The van der Waals surface area contributed by atoms with E-state index in [-0.39, 0.29) is 0 Å². The number of thiophene rings is 1. The Morgan fingerprint density at radius 2 is 2.38 bits per heavy atom. The predicted molar refractivity (Wildman–Crippen MR) is 37.3 cm³/mol. The maximum absolute atomic E-state index is 5.56. The highest BCUT2D eigenvalue weighted by atomic mass is 35.5. The van der Waals surface area contributed by atoms with Gasteiger partial charge in [-0.1, -0.05) is 17.5 Å². The summed E-state index contributed by atoms with van der Waals surface area (Å²) in [5, 5.41) is 0. The van der Waals surface area contributed by atoms with E-state index in [0.717, 1.165) is 9.21 Å². The van der Waals surface area contributed by atoms with E-state index in [4.69, 9.17) is 18.0 Å². The van der Waals surface area contributed by atoms with Gasteiger partial charge < -0.3 is 0 Å². The first-order valence-corrected chi connectivity index (χ1v) is 3.24. The maximum atomic E-state index is 5.56. The van der Waals surface area contributed by atoms with Crippen LogP contribution in [-0.2, 0) is 0 Å². The van der Waals surface area contributed by atoms with Crippen LogP contribution >= 0.6 is 22.9 Å². The molecule has 2 heteroatoms. The number of terminal acetylenes is 1. The summed E-state index contributed by atoms with van der Waals surface area (Å²) in [5.41, 5.74) is 0. The van der Waals surface area contributed by atoms with Gasteiger partial charge >= 0.3 is 0 Å². The lowest BCUT2D eigenvalue weighted by Crippen LogP contribution is -1.50. The van der Waals surface area contributed by atoms with Crippen LogP contribution in [0.25, 0.3) is 0 Å². The lowest BCUT2D eigenvalue weighted by atomic mass is 10.5. The summed E-state index contributed by atoms with van der Waals surface area (Å²) >= 11 is 6.98. The van der Waals surface area contributed by atoms with Crippen molar-refractivity contribution in [1.29, 1.82) is 0 Å². The minimum absolute atomic E-state index is 0.748. The number of hydrogen-bond acceptors (Lipinski definition) is 1. The molecule has 0 aliphatic carbocycles. The molecule has 0 saturated heterocycles. The Kier molecular flexibility index (Phi) is 1.57. The first kappa shape index (κ1) is 5.68. The average Bonchev–Trinajstić information content (AvgIpc) is 2.14. The van der Waals surface area contributed by atoms with Crippen LogP contribution in [0.1, 0.15) is 4.88 Å². The smallest absolute Gasteiger partial charge is 0.0941 e. The molecule has 8 heavy (non-hydrogen) atoms. The molecule has 0 spiro atoms. The topological polar surface area (TPSA) is 0 Å². The monoisotopic (exact) mass is 142 g/mol. The quantitative estimate of drug-likeness (QED) is 0.488. The van der Waals surface area contributed by atoms with E-state index in [0.29, 0.717) is 0 Å². The Morgan fingerprint density at radius 3 is 2.62 bits per heavy atom. The summed E-state index contributed by atoms with van der Waals surface area (Å²) in [7, 11) is 0. The van der Waals surface area contributed by atoms with Gasteiger partial charge in [0, 0.05) is 0 Å². The third kappa shape index (κ3) is 1.03. The van der Waals surface area contributed by atoms with E-state index in [1.54, 1.807) is 6.07 Å². The summed E-state index contributed by atoms with van der Waals surface area (Å²) in [5.74, 6) is 2.48. The molecule has 0 unspecified atom stereocenters. The van der Waals surface area contributed by atoms with E-state index in [2.05, 4.69) is 5.92 Å². The van der Waals surface area contributed by atoms with Crippen LogP contribution in [0.15, 0.2) is 12.1 Å². The van der Waals surface area contributed by atoms with E-state index < -0.39 is 0 Å². The highest BCUT2D eigenvalue weighted by Gasteiger charge is 1.89. The van der Waals surface area contributed by atoms with Crippen LogP contribution in [0.5, 0.6) is 0 Å². The van der Waals surface area contributed by atoms with Crippen molar-refractivity contribution in [3.63, 3.8) is 0 Å². The van der Waals surface area contributed by atoms with Gasteiger partial charge in [-0.15, -0.1) is 17.8 Å². The summed E-state index contributed by atoms with van der Waals surface area (Å²) in [6, 6.07) is 3.62. The third-order valence-electron chi connectivity index (χ3n) is 0.715. The zero-order chi connectivity index (χ0) is 5.98. The van der Waals surface area contributed by atoms with Crippen molar-refractivity contribution in [1.82, 2.24) is 0 Å². The fraction of sp³-hybridized carbons (Fsp3) is 0. The largest absolute Gasteiger partial charge is 0.115 e. The van der Waals surface area contributed by atoms with Crippen LogP contribution < -0.4 is 0 Å². The molecule has 1 rings (SSSR count). The summed E-state index contributed by atoms with van der Waals surface area (Å²) in [6.45, 7) is 0. The molecule has 0 nitrogen and oxygen atoms in total. The molecule has 0 aliphatic rings. The standard InChI is InChI=1S/C6H3ClS/c1-2-5-3-4-6(7)8-5/h1,3-4H. The normalized spacial score (nSPS) is 8.50. The molecule has 1 aromatic rings. The first-order chi connectivity index (χ1) is 3.83. The fourth-order valence-corrected chi connectivity index (χ4v) is 1.25. The molecule has 0 aromatic carbocycles. The van der Waals surface area contributed by atoms with Crippen LogP contribution in [0.3, 0.4) is 0 Å². The molecule has 0 amide bonds. The second-order valence-corrected chi connectivity index (χ2v) is 2.96. The van der Waals surface area contributed by atoms with Crippen molar-refractivity contribution >= 4 is 22.9 Å². The SMILES string of the molecule is C#Cc1ccc(Cl)s1. The van der Waals surface area contributed by atoms with Gasteiger partial charge in [0.1, 0.15) is 0 Å². The van der Waals surface area contributed by atoms with Crippen molar-refractivity contribution in [3.8, 4) is 12.3 Å². The molecular formula is C6H3ClS. The average molecular weight is 143 g/mol. The van der Waals surface area contributed by atoms with Crippen molar-refractivity contribution in [2.24, 2.45) is 0 Å². The predicted octanol–water partition coefficient (Wildman–Crippen LogP) is 2.38. The van der Waals surface area contributed by atoms with Crippen LogP contribution in [0, 0.1) is 12.3 Å². The van der Waals surface area contributed by atoms with Gasteiger partial charge in [-0.3, -0.25) is 0 Å². The molecule has 0 saturated carbocycles.